The fourth-order valence-electron chi connectivity index (χ4n) is 2.02. The molecule has 96 valence electrons. The predicted molar refractivity (Wildman–Crippen MR) is 68.6 cm³/mol. The molecule has 1 fully saturated rings. The lowest BCUT2D eigenvalue weighted by atomic mass is 9.95. The van der Waals surface area contributed by atoms with Gasteiger partial charge < -0.3 is 15.1 Å². The quantitative estimate of drug-likeness (QED) is 0.850. The second kappa shape index (κ2) is 6.07. The van der Waals surface area contributed by atoms with E-state index in [9.17, 15) is 4.79 Å². The molecule has 4 nitrogen and oxygen atoms in total. The monoisotopic (exact) mass is 258 g/mol. The number of aryl methyl sites for hydroxylation is 1. The van der Waals surface area contributed by atoms with E-state index in [1.807, 2.05) is 6.92 Å². The number of halogens is 1. The Hall–Kier alpha value is -1.00. The molecule has 0 radical (unpaired) electrons. The highest BCUT2D eigenvalue weighted by molar-refractivity contribution is 5.91. The molecule has 1 aromatic rings. The van der Waals surface area contributed by atoms with Crippen molar-refractivity contribution in [1.29, 1.82) is 0 Å². The Bertz CT molecular complexity index is 378. The van der Waals surface area contributed by atoms with Crippen molar-refractivity contribution in [1.82, 2.24) is 10.6 Å². The van der Waals surface area contributed by atoms with Crippen LogP contribution in [0, 0.1) is 12.8 Å². The highest BCUT2D eigenvalue weighted by atomic mass is 35.5. The Labute approximate surface area is 108 Å². The first-order chi connectivity index (χ1) is 7.66. The fraction of sp³-hybridized carbons (Fsp3) is 0.583. The number of carbonyl (C=O) groups is 1. The molecule has 2 N–H and O–H groups in total. The van der Waals surface area contributed by atoms with Crippen molar-refractivity contribution in [2.45, 2.75) is 26.3 Å². The number of rotatable bonds is 2. The van der Waals surface area contributed by atoms with E-state index in [1.54, 1.807) is 12.1 Å². The average Bonchev–Trinajstić information content (AvgIpc) is 2.68. The summed E-state index contributed by atoms with van der Waals surface area (Å²) in [4.78, 5) is 11.8. The number of hydrogen-bond donors (Lipinski definition) is 2. The summed E-state index contributed by atoms with van der Waals surface area (Å²) in [6.45, 7) is 5.91. The summed E-state index contributed by atoms with van der Waals surface area (Å²) in [5.41, 5.74) is 0. The van der Waals surface area contributed by atoms with Crippen LogP contribution in [0.15, 0.2) is 16.5 Å². The number of amides is 1. The molecule has 5 heteroatoms. The molecule has 1 amide bonds. The molecule has 2 atom stereocenters. The zero-order valence-electron chi connectivity index (χ0n) is 10.2. The van der Waals surface area contributed by atoms with Crippen LogP contribution >= 0.6 is 12.4 Å². The Morgan fingerprint density at radius 1 is 1.53 bits per heavy atom. The zero-order chi connectivity index (χ0) is 11.5. The summed E-state index contributed by atoms with van der Waals surface area (Å²) in [7, 11) is 0. The zero-order valence-corrected chi connectivity index (χ0v) is 11.0. The first kappa shape index (κ1) is 14.1. The van der Waals surface area contributed by atoms with Crippen LogP contribution in [0.4, 0.5) is 0 Å². The van der Waals surface area contributed by atoms with Crippen molar-refractivity contribution >= 4 is 18.3 Å². The molecule has 2 rings (SSSR count). The number of hydrogen-bond acceptors (Lipinski definition) is 3. The van der Waals surface area contributed by atoms with E-state index in [0.717, 1.165) is 25.3 Å². The van der Waals surface area contributed by atoms with E-state index in [-0.39, 0.29) is 24.4 Å². The minimum atomic E-state index is -0.105. The van der Waals surface area contributed by atoms with Crippen molar-refractivity contribution < 1.29 is 9.21 Å². The van der Waals surface area contributed by atoms with E-state index in [0.29, 0.717) is 11.7 Å². The second-order valence-corrected chi connectivity index (χ2v) is 4.46. The number of carbonyl (C=O) groups excluding carboxylic acids is 1. The molecule has 0 aliphatic carbocycles. The molecule has 2 heterocycles. The van der Waals surface area contributed by atoms with Crippen molar-refractivity contribution in [2.75, 3.05) is 13.1 Å². The highest BCUT2D eigenvalue weighted by Crippen LogP contribution is 2.12. The molecule has 0 bridgehead atoms. The first-order valence-corrected chi connectivity index (χ1v) is 5.75. The number of furan rings is 1. The van der Waals surface area contributed by atoms with Gasteiger partial charge in [-0.05, 0) is 44.5 Å². The Kier molecular flexibility index (Phi) is 5.02. The lowest BCUT2D eigenvalue weighted by molar-refractivity contribution is 0.0884. The summed E-state index contributed by atoms with van der Waals surface area (Å²) < 4.78 is 5.29. The first-order valence-electron chi connectivity index (χ1n) is 5.75. The van der Waals surface area contributed by atoms with Crippen LogP contribution in [0.2, 0.25) is 0 Å². The third kappa shape index (κ3) is 3.48. The van der Waals surface area contributed by atoms with Gasteiger partial charge in [-0.15, -0.1) is 12.4 Å². The molecule has 0 aromatic carbocycles. The lowest BCUT2D eigenvalue weighted by Crippen LogP contribution is -2.48. The molecule has 2 unspecified atom stereocenters. The van der Waals surface area contributed by atoms with Crippen LogP contribution in [0.3, 0.4) is 0 Å². The maximum Gasteiger partial charge on any atom is 0.287 e. The van der Waals surface area contributed by atoms with E-state index >= 15 is 0 Å². The van der Waals surface area contributed by atoms with Crippen LogP contribution < -0.4 is 10.6 Å². The standard InChI is InChI=1S/C12H18N2O2.ClH/c1-8-7-13-6-5-10(8)14-12(15)11-4-3-9(2)16-11;/h3-4,8,10,13H,5-7H2,1-2H3,(H,14,15);1H. The third-order valence-electron chi connectivity index (χ3n) is 3.07. The summed E-state index contributed by atoms with van der Waals surface area (Å²) in [5, 5.41) is 6.33. The van der Waals surface area contributed by atoms with Gasteiger partial charge in [-0.3, -0.25) is 4.79 Å². The molecule has 0 saturated carbocycles. The molecule has 0 spiro atoms. The van der Waals surface area contributed by atoms with Gasteiger partial charge in [0, 0.05) is 6.04 Å². The van der Waals surface area contributed by atoms with Crippen molar-refractivity contribution in [3.8, 4) is 0 Å². The van der Waals surface area contributed by atoms with E-state index < -0.39 is 0 Å². The third-order valence-corrected chi connectivity index (χ3v) is 3.07. The van der Waals surface area contributed by atoms with Gasteiger partial charge in [-0.25, -0.2) is 0 Å². The summed E-state index contributed by atoms with van der Waals surface area (Å²) in [5.74, 6) is 1.53. The smallest absolute Gasteiger partial charge is 0.287 e. The highest BCUT2D eigenvalue weighted by Gasteiger charge is 2.23. The van der Waals surface area contributed by atoms with Gasteiger partial charge in [0.15, 0.2) is 5.76 Å². The molecule has 1 saturated heterocycles. The normalized spacial score (nSPS) is 23.9. The maximum absolute atomic E-state index is 11.8. The predicted octanol–water partition coefficient (Wildman–Crippen LogP) is 1.74. The molecule has 1 aromatic heterocycles. The fourth-order valence-corrected chi connectivity index (χ4v) is 2.02. The van der Waals surface area contributed by atoms with Crippen molar-refractivity contribution in [3.63, 3.8) is 0 Å². The largest absolute Gasteiger partial charge is 0.456 e. The van der Waals surface area contributed by atoms with Gasteiger partial charge in [-0.2, -0.15) is 0 Å². The average molecular weight is 259 g/mol. The van der Waals surface area contributed by atoms with Gasteiger partial charge in [0.25, 0.3) is 5.91 Å². The van der Waals surface area contributed by atoms with Crippen LogP contribution in [0.25, 0.3) is 0 Å². The van der Waals surface area contributed by atoms with Crippen LogP contribution in [0.5, 0.6) is 0 Å². The van der Waals surface area contributed by atoms with Crippen molar-refractivity contribution in [3.05, 3.63) is 23.7 Å². The van der Waals surface area contributed by atoms with Crippen LogP contribution in [0.1, 0.15) is 29.7 Å². The molecule has 1 aliphatic rings. The molecule has 17 heavy (non-hydrogen) atoms. The lowest BCUT2D eigenvalue weighted by Gasteiger charge is -2.29. The van der Waals surface area contributed by atoms with E-state index in [2.05, 4.69) is 17.6 Å². The van der Waals surface area contributed by atoms with Gasteiger partial charge in [0.2, 0.25) is 0 Å². The number of piperidine rings is 1. The van der Waals surface area contributed by atoms with E-state index in [1.165, 1.54) is 0 Å². The Balaban J connectivity index is 0.00000144. The molecule has 1 aliphatic heterocycles. The topological polar surface area (TPSA) is 54.3 Å². The van der Waals surface area contributed by atoms with Gasteiger partial charge in [0.1, 0.15) is 5.76 Å². The minimum Gasteiger partial charge on any atom is -0.456 e. The SMILES string of the molecule is Cc1ccc(C(=O)NC2CCNCC2C)o1.Cl. The van der Waals surface area contributed by atoms with Gasteiger partial charge >= 0.3 is 0 Å². The minimum absolute atomic E-state index is 0. The van der Waals surface area contributed by atoms with Crippen molar-refractivity contribution in [2.24, 2.45) is 5.92 Å². The van der Waals surface area contributed by atoms with Gasteiger partial charge in [0.05, 0.1) is 0 Å². The molecular weight excluding hydrogens is 240 g/mol. The van der Waals surface area contributed by atoms with Crippen LogP contribution in [-0.4, -0.2) is 25.0 Å². The molecular formula is C12H19ClN2O2. The second-order valence-electron chi connectivity index (χ2n) is 4.46. The maximum atomic E-state index is 11.8. The summed E-state index contributed by atoms with van der Waals surface area (Å²) >= 11 is 0. The Morgan fingerprint density at radius 3 is 2.88 bits per heavy atom. The van der Waals surface area contributed by atoms with Gasteiger partial charge in [-0.1, -0.05) is 6.92 Å². The summed E-state index contributed by atoms with van der Waals surface area (Å²) in [6.07, 6.45) is 0.979. The summed E-state index contributed by atoms with van der Waals surface area (Å²) in [6, 6.07) is 3.77. The number of nitrogens with one attached hydrogen (secondary N) is 2. The Morgan fingerprint density at radius 2 is 2.29 bits per heavy atom. The van der Waals surface area contributed by atoms with E-state index in [4.69, 9.17) is 4.42 Å². The van der Waals surface area contributed by atoms with Crippen LogP contribution in [-0.2, 0) is 0 Å².